The number of imidazole rings is 1. The first-order valence-electron chi connectivity index (χ1n) is 11.9. The molecule has 1 aromatic carbocycles. The van der Waals surface area contributed by atoms with Gasteiger partial charge in [-0.25, -0.2) is 31.5 Å². The van der Waals surface area contributed by atoms with Gasteiger partial charge in [-0.1, -0.05) is 18.2 Å². The highest BCUT2D eigenvalue weighted by Gasteiger charge is 2.41. The van der Waals surface area contributed by atoms with Crippen LogP contribution in [0.25, 0.3) is 22.1 Å². The Labute approximate surface area is 213 Å². The number of hydrogen-bond acceptors (Lipinski definition) is 7. The Bertz CT molecular complexity index is 1590. The number of hydrogen-bond donors (Lipinski definition) is 1. The molecular weight excluding hydrogens is 501 g/mol. The van der Waals surface area contributed by atoms with Crippen LogP contribution in [0, 0.1) is 0 Å². The first kappa shape index (κ1) is 25.2. The zero-order valence-corrected chi connectivity index (χ0v) is 21.7. The number of fused-ring (bicyclic) bond motifs is 3. The van der Waals surface area contributed by atoms with Crippen LogP contribution in [0.4, 0.5) is 9.18 Å². The molecule has 1 fully saturated rings. The zero-order valence-electron chi connectivity index (χ0n) is 20.9. The number of benzene rings is 1. The van der Waals surface area contributed by atoms with E-state index in [0.717, 1.165) is 3.97 Å². The molecule has 0 spiro atoms. The van der Waals surface area contributed by atoms with E-state index in [1.165, 1.54) is 36.4 Å². The van der Waals surface area contributed by atoms with Gasteiger partial charge in [-0.15, -0.1) is 0 Å². The van der Waals surface area contributed by atoms with Gasteiger partial charge in [-0.05, 0) is 45.9 Å². The minimum Gasteiger partial charge on any atom is -0.444 e. The predicted molar refractivity (Wildman–Crippen MR) is 134 cm³/mol. The van der Waals surface area contributed by atoms with Crippen LogP contribution in [-0.4, -0.2) is 67.9 Å². The number of halogens is 1. The largest absolute Gasteiger partial charge is 0.444 e. The summed E-state index contributed by atoms with van der Waals surface area (Å²) in [4.78, 5) is 22.9. The molecule has 3 atom stereocenters. The van der Waals surface area contributed by atoms with Gasteiger partial charge in [0.05, 0.1) is 29.2 Å². The number of amides is 1. The molecule has 4 heterocycles. The van der Waals surface area contributed by atoms with Crippen molar-refractivity contribution >= 4 is 38.2 Å². The Kier molecular flexibility index (Phi) is 5.99. The first-order chi connectivity index (χ1) is 17.4. The maximum atomic E-state index is 15.5. The summed E-state index contributed by atoms with van der Waals surface area (Å²) in [6.45, 7) is 6.53. The Morgan fingerprint density at radius 1 is 1.19 bits per heavy atom. The summed E-state index contributed by atoms with van der Waals surface area (Å²) in [5.41, 5.74) is 0.216. The van der Waals surface area contributed by atoms with Crippen LogP contribution in [0.3, 0.4) is 0 Å². The Balaban J connectivity index is 1.65. The van der Waals surface area contributed by atoms with Crippen molar-refractivity contribution in [2.24, 2.45) is 0 Å². The fourth-order valence-corrected chi connectivity index (χ4v) is 5.98. The second-order valence-corrected chi connectivity index (χ2v) is 12.0. The van der Waals surface area contributed by atoms with Crippen molar-refractivity contribution in [1.29, 1.82) is 0 Å². The number of rotatable bonds is 4. The number of likely N-dealkylation sites (tertiary alicyclic amines) is 1. The minimum atomic E-state index is -3.95. The van der Waals surface area contributed by atoms with E-state index in [-0.39, 0.29) is 29.5 Å². The summed E-state index contributed by atoms with van der Waals surface area (Å²) in [6.07, 6.45) is -0.355. The number of carbonyl (C=O) groups excluding carboxylic acids is 1. The maximum absolute atomic E-state index is 15.5. The van der Waals surface area contributed by atoms with Crippen LogP contribution in [0.2, 0.25) is 0 Å². The molecule has 1 aliphatic rings. The van der Waals surface area contributed by atoms with Crippen molar-refractivity contribution in [3.05, 3.63) is 54.6 Å². The smallest absolute Gasteiger partial charge is 0.410 e. The molecule has 0 aliphatic carbocycles. The van der Waals surface area contributed by atoms with Crippen LogP contribution in [0.5, 0.6) is 0 Å². The number of alkyl halides is 1. The molecule has 1 saturated heterocycles. The molecule has 10 nitrogen and oxygen atoms in total. The molecule has 2 unspecified atom stereocenters. The van der Waals surface area contributed by atoms with E-state index in [1.54, 1.807) is 49.6 Å². The highest BCUT2D eigenvalue weighted by molar-refractivity contribution is 7.90. The molecule has 37 heavy (non-hydrogen) atoms. The number of carbonyl (C=O) groups is 1. The molecule has 1 amide bonds. The molecule has 1 N–H and O–H groups in total. The molecular formula is C25H28FN5O5S. The number of ether oxygens (including phenoxy) is 1. The summed E-state index contributed by atoms with van der Waals surface area (Å²) >= 11 is 0. The molecule has 1 aliphatic heterocycles. The maximum Gasteiger partial charge on any atom is 0.410 e. The van der Waals surface area contributed by atoms with Crippen LogP contribution in [0.1, 0.15) is 45.7 Å². The second-order valence-electron chi connectivity index (χ2n) is 10.1. The number of nitrogens with zero attached hydrogens (tertiary/aromatic N) is 5. The van der Waals surface area contributed by atoms with E-state index in [2.05, 4.69) is 9.97 Å². The van der Waals surface area contributed by atoms with Gasteiger partial charge in [-0.2, -0.15) is 0 Å². The molecule has 0 radical (unpaired) electrons. The summed E-state index contributed by atoms with van der Waals surface area (Å²) in [5.74, 6) is 0.196. The third-order valence-electron chi connectivity index (χ3n) is 6.23. The van der Waals surface area contributed by atoms with E-state index in [4.69, 9.17) is 4.74 Å². The molecule has 12 heteroatoms. The lowest BCUT2D eigenvalue weighted by Crippen LogP contribution is -2.35. The van der Waals surface area contributed by atoms with E-state index in [9.17, 15) is 18.3 Å². The lowest BCUT2D eigenvalue weighted by atomic mass is 10.2. The molecule has 4 aromatic rings. The van der Waals surface area contributed by atoms with Crippen LogP contribution >= 0.6 is 0 Å². The lowest BCUT2D eigenvalue weighted by molar-refractivity contribution is 0.0281. The summed E-state index contributed by atoms with van der Waals surface area (Å²) in [6, 6.07) is 8.68. The molecule has 3 aromatic heterocycles. The van der Waals surface area contributed by atoms with Gasteiger partial charge >= 0.3 is 6.09 Å². The predicted octanol–water partition coefficient (Wildman–Crippen LogP) is 3.81. The van der Waals surface area contributed by atoms with Gasteiger partial charge < -0.3 is 19.3 Å². The standard InChI is InChI=1S/C25H28FN5O5S/c1-15(32)22-28-19-12-27-23-17(10-11-30(23)37(34,35)16-8-6-5-7-9-16)21(19)31(22)20-14-29(13-18(20)26)24(33)36-25(2,3)4/h5-12,15,18,20,32H,13-14H2,1-4H3/t15?,18?,20-/m1/s1. The average molecular weight is 530 g/mol. The Morgan fingerprint density at radius 2 is 1.89 bits per heavy atom. The summed E-state index contributed by atoms with van der Waals surface area (Å²) in [5, 5.41) is 10.9. The van der Waals surface area contributed by atoms with E-state index in [1.807, 2.05) is 0 Å². The van der Waals surface area contributed by atoms with E-state index < -0.39 is 40.0 Å². The van der Waals surface area contributed by atoms with E-state index >= 15 is 4.39 Å². The minimum absolute atomic E-state index is 0.00585. The van der Waals surface area contributed by atoms with Gasteiger partial charge in [0, 0.05) is 18.1 Å². The fourth-order valence-electron chi connectivity index (χ4n) is 4.66. The fraction of sp³-hybridized carbons (Fsp3) is 0.400. The van der Waals surface area contributed by atoms with Crippen LogP contribution in [0.15, 0.2) is 53.7 Å². The Morgan fingerprint density at radius 3 is 2.54 bits per heavy atom. The number of aliphatic hydroxyl groups excluding tert-OH is 1. The monoisotopic (exact) mass is 529 g/mol. The highest BCUT2D eigenvalue weighted by Crippen LogP contribution is 2.36. The topological polar surface area (TPSA) is 120 Å². The lowest BCUT2D eigenvalue weighted by Gasteiger charge is -2.24. The molecule has 0 bridgehead atoms. The normalized spacial score (nSPS) is 19.6. The SMILES string of the molecule is CC(O)c1nc2cnc3c(ccn3S(=O)(=O)c3ccccc3)c2n1[C@@H]1CN(C(=O)OC(C)(C)C)CC1F. The van der Waals surface area contributed by atoms with Crippen molar-refractivity contribution in [3.8, 4) is 0 Å². The average Bonchev–Trinajstić information content (AvgIpc) is 3.52. The van der Waals surface area contributed by atoms with Gasteiger partial charge in [0.2, 0.25) is 0 Å². The number of aromatic nitrogens is 4. The zero-order chi connectivity index (χ0) is 26.7. The van der Waals surface area contributed by atoms with E-state index in [0.29, 0.717) is 16.4 Å². The van der Waals surface area contributed by atoms with Crippen LogP contribution in [-0.2, 0) is 14.8 Å². The highest BCUT2D eigenvalue weighted by atomic mass is 32.2. The van der Waals surface area contributed by atoms with Crippen molar-refractivity contribution < 1.29 is 27.4 Å². The first-order valence-corrected chi connectivity index (χ1v) is 13.3. The number of pyridine rings is 1. The molecule has 0 saturated carbocycles. The van der Waals surface area contributed by atoms with Crippen molar-refractivity contribution in [1.82, 2.24) is 23.4 Å². The molecule has 196 valence electrons. The van der Waals surface area contributed by atoms with Gasteiger partial charge in [-0.3, -0.25) is 0 Å². The Hall–Kier alpha value is -3.51. The van der Waals surface area contributed by atoms with Gasteiger partial charge in [0.15, 0.2) is 5.65 Å². The van der Waals surface area contributed by atoms with Crippen LogP contribution < -0.4 is 0 Å². The van der Waals surface area contributed by atoms with Crippen molar-refractivity contribution in [3.63, 3.8) is 0 Å². The second kappa shape index (κ2) is 8.80. The number of aliphatic hydroxyl groups is 1. The van der Waals surface area contributed by atoms with Gasteiger partial charge in [0.1, 0.15) is 29.2 Å². The molecule has 5 rings (SSSR count). The van der Waals surface area contributed by atoms with Crippen molar-refractivity contribution in [2.45, 2.75) is 56.5 Å². The quantitative estimate of drug-likeness (QED) is 0.427. The van der Waals surface area contributed by atoms with Gasteiger partial charge in [0.25, 0.3) is 10.0 Å². The van der Waals surface area contributed by atoms with Crippen molar-refractivity contribution in [2.75, 3.05) is 13.1 Å². The summed E-state index contributed by atoms with van der Waals surface area (Å²) in [7, 11) is -3.95. The third kappa shape index (κ3) is 4.33. The third-order valence-corrected chi connectivity index (χ3v) is 7.91. The summed E-state index contributed by atoms with van der Waals surface area (Å²) < 4.78 is 50.2.